The normalized spacial score (nSPS) is 17.8. The first-order chi connectivity index (χ1) is 13.8. The molecule has 0 aromatic heterocycles. The van der Waals surface area contributed by atoms with Crippen LogP contribution in [0.25, 0.3) is 0 Å². The average molecular weight is 435 g/mol. The number of benzene rings is 2. The first-order valence-electron chi connectivity index (χ1n) is 9.91. The van der Waals surface area contributed by atoms with E-state index in [0.717, 1.165) is 23.2 Å². The molecule has 1 aliphatic rings. The van der Waals surface area contributed by atoms with Gasteiger partial charge in [0.2, 0.25) is 15.9 Å². The highest BCUT2D eigenvalue weighted by Gasteiger charge is 2.32. The van der Waals surface area contributed by atoms with E-state index in [1.54, 1.807) is 24.3 Å². The number of piperidine rings is 1. The maximum atomic E-state index is 12.9. The van der Waals surface area contributed by atoms with Gasteiger partial charge in [0.05, 0.1) is 11.7 Å². The van der Waals surface area contributed by atoms with Gasteiger partial charge in [-0.3, -0.25) is 4.79 Å². The molecule has 29 heavy (non-hydrogen) atoms. The van der Waals surface area contributed by atoms with E-state index in [2.05, 4.69) is 12.2 Å². The van der Waals surface area contributed by atoms with Crippen LogP contribution in [-0.4, -0.2) is 31.7 Å². The van der Waals surface area contributed by atoms with E-state index >= 15 is 0 Å². The molecule has 0 radical (unpaired) electrons. The Hall–Kier alpha value is -1.89. The van der Waals surface area contributed by atoms with Crippen molar-refractivity contribution in [3.63, 3.8) is 0 Å². The zero-order valence-corrected chi connectivity index (χ0v) is 18.4. The lowest BCUT2D eigenvalue weighted by atomic mass is 9.98. The van der Waals surface area contributed by atoms with Crippen molar-refractivity contribution in [1.82, 2.24) is 4.31 Å². The topological polar surface area (TPSA) is 66.5 Å². The maximum absolute atomic E-state index is 12.9. The number of anilines is 1. The average Bonchev–Trinajstić information content (AvgIpc) is 2.71. The van der Waals surface area contributed by atoms with Crippen molar-refractivity contribution in [2.45, 2.75) is 38.9 Å². The molecular weight excluding hydrogens is 408 g/mol. The van der Waals surface area contributed by atoms with Crippen LogP contribution < -0.4 is 5.32 Å². The molecule has 0 aliphatic carbocycles. The third-order valence-electron chi connectivity index (χ3n) is 5.40. The standard InChI is InChI=1S/C22H27ClN2O3S/c1-3-18-7-4-6-16(2)21(18)24-22(26)19-8-5-13-25(14-19)29(27,28)15-17-9-11-20(23)12-10-17/h4,6-7,9-12,19H,3,5,8,13-15H2,1-2H3,(H,24,26)/t19-/m0/s1. The van der Waals surface area contributed by atoms with E-state index in [1.165, 1.54) is 4.31 Å². The molecule has 5 nitrogen and oxygen atoms in total. The van der Waals surface area contributed by atoms with Crippen LogP contribution in [0.15, 0.2) is 42.5 Å². The Bertz CT molecular complexity index is 974. The monoisotopic (exact) mass is 434 g/mol. The molecule has 1 amide bonds. The number of nitrogens with one attached hydrogen (secondary N) is 1. The molecule has 0 saturated carbocycles. The Balaban J connectivity index is 1.70. The Morgan fingerprint density at radius 2 is 1.93 bits per heavy atom. The Morgan fingerprint density at radius 3 is 2.62 bits per heavy atom. The minimum absolute atomic E-state index is 0.0870. The van der Waals surface area contributed by atoms with Gasteiger partial charge in [0.1, 0.15) is 0 Å². The number of amides is 1. The van der Waals surface area contributed by atoms with E-state index < -0.39 is 10.0 Å². The van der Waals surface area contributed by atoms with E-state index in [9.17, 15) is 13.2 Å². The lowest BCUT2D eigenvalue weighted by molar-refractivity contribution is -0.120. The number of aryl methyl sites for hydroxylation is 2. The third-order valence-corrected chi connectivity index (χ3v) is 7.47. The molecular formula is C22H27ClN2O3S. The van der Waals surface area contributed by atoms with Gasteiger partial charge in [-0.2, -0.15) is 0 Å². The number of carbonyl (C=O) groups is 1. The summed E-state index contributed by atoms with van der Waals surface area (Å²) in [7, 11) is -3.50. The van der Waals surface area contributed by atoms with Crippen LogP contribution in [0.5, 0.6) is 0 Å². The van der Waals surface area contributed by atoms with Crippen LogP contribution in [0.1, 0.15) is 36.5 Å². The lowest BCUT2D eigenvalue weighted by Gasteiger charge is -2.31. The summed E-state index contributed by atoms with van der Waals surface area (Å²) in [6.45, 7) is 4.69. The second-order valence-corrected chi connectivity index (χ2v) is 9.94. The minimum atomic E-state index is -3.50. The van der Waals surface area contributed by atoms with Crippen LogP contribution in [0.2, 0.25) is 5.02 Å². The highest BCUT2D eigenvalue weighted by Crippen LogP contribution is 2.26. The van der Waals surface area contributed by atoms with Gasteiger partial charge in [0.15, 0.2) is 0 Å². The number of hydrogen-bond acceptors (Lipinski definition) is 3. The SMILES string of the molecule is CCc1cccc(C)c1NC(=O)[C@H]1CCCN(S(=O)(=O)Cc2ccc(Cl)cc2)C1. The molecule has 1 atom stereocenters. The van der Waals surface area contributed by atoms with Crippen molar-refractivity contribution in [2.24, 2.45) is 5.92 Å². The van der Waals surface area contributed by atoms with Gasteiger partial charge in [-0.1, -0.05) is 48.9 Å². The first kappa shape index (κ1) is 21.8. The molecule has 0 unspecified atom stereocenters. The molecule has 7 heteroatoms. The summed E-state index contributed by atoms with van der Waals surface area (Å²) in [6.07, 6.45) is 2.18. The van der Waals surface area contributed by atoms with Crippen LogP contribution in [-0.2, 0) is 27.0 Å². The zero-order valence-electron chi connectivity index (χ0n) is 16.8. The summed E-state index contributed by atoms with van der Waals surface area (Å²) in [5.74, 6) is -0.551. The van der Waals surface area contributed by atoms with Gasteiger partial charge in [-0.15, -0.1) is 0 Å². The number of para-hydroxylation sites is 1. The Kier molecular flexibility index (Phi) is 6.98. The summed E-state index contributed by atoms with van der Waals surface area (Å²) >= 11 is 5.88. The fourth-order valence-electron chi connectivity index (χ4n) is 3.72. The second-order valence-electron chi connectivity index (χ2n) is 7.53. The smallest absolute Gasteiger partial charge is 0.228 e. The first-order valence-corrected chi connectivity index (χ1v) is 11.9. The van der Waals surface area contributed by atoms with E-state index in [0.29, 0.717) is 30.0 Å². The molecule has 2 aromatic carbocycles. The van der Waals surface area contributed by atoms with Gasteiger partial charge < -0.3 is 5.32 Å². The van der Waals surface area contributed by atoms with Gasteiger partial charge in [0.25, 0.3) is 0 Å². The van der Waals surface area contributed by atoms with Crippen molar-refractivity contribution in [3.05, 3.63) is 64.2 Å². The minimum Gasteiger partial charge on any atom is -0.325 e. The molecule has 1 saturated heterocycles. The highest BCUT2D eigenvalue weighted by molar-refractivity contribution is 7.88. The summed E-state index contributed by atoms with van der Waals surface area (Å²) in [5.41, 5.74) is 3.64. The van der Waals surface area contributed by atoms with Gasteiger partial charge in [0, 0.05) is 23.8 Å². The predicted molar refractivity (Wildman–Crippen MR) is 118 cm³/mol. The Morgan fingerprint density at radius 1 is 1.21 bits per heavy atom. The summed E-state index contributed by atoms with van der Waals surface area (Å²) in [6, 6.07) is 12.8. The maximum Gasteiger partial charge on any atom is 0.228 e. The zero-order chi connectivity index (χ0) is 21.0. The highest BCUT2D eigenvalue weighted by atomic mass is 35.5. The van der Waals surface area contributed by atoms with E-state index in [1.807, 2.05) is 25.1 Å². The third kappa shape index (κ3) is 5.38. The summed E-state index contributed by atoms with van der Waals surface area (Å²) in [4.78, 5) is 12.9. The molecule has 156 valence electrons. The van der Waals surface area contributed by atoms with Crippen LogP contribution in [0.4, 0.5) is 5.69 Å². The molecule has 1 aliphatic heterocycles. The van der Waals surface area contributed by atoms with Crippen LogP contribution >= 0.6 is 11.6 Å². The number of nitrogens with zero attached hydrogens (tertiary/aromatic N) is 1. The predicted octanol–water partition coefficient (Wildman–Crippen LogP) is 4.39. The molecule has 1 N–H and O–H groups in total. The van der Waals surface area contributed by atoms with Crippen molar-refractivity contribution < 1.29 is 13.2 Å². The number of carbonyl (C=O) groups excluding carboxylic acids is 1. The Labute approximate surface area is 178 Å². The molecule has 0 spiro atoms. The molecule has 3 rings (SSSR count). The van der Waals surface area contributed by atoms with Crippen molar-refractivity contribution in [3.8, 4) is 0 Å². The lowest BCUT2D eigenvalue weighted by Crippen LogP contribution is -2.44. The number of hydrogen-bond donors (Lipinski definition) is 1. The number of rotatable bonds is 6. The van der Waals surface area contributed by atoms with Gasteiger partial charge >= 0.3 is 0 Å². The fraction of sp³-hybridized carbons (Fsp3) is 0.409. The summed E-state index contributed by atoms with van der Waals surface area (Å²) < 4.78 is 27.2. The van der Waals surface area contributed by atoms with Crippen molar-refractivity contribution >= 4 is 33.2 Å². The number of sulfonamides is 1. The molecule has 1 heterocycles. The largest absolute Gasteiger partial charge is 0.325 e. The van der Waals surface area contributed by atoms with Gasteiger partial charge in [-0.05, 0) is 55.0 Å². The number of halogens is 1. The second kappa shape index (κ2) is 9.28. The van der Waals surface area contributed by atoms with Crippen molar-refractivity contribution in [2.75, 3.05) is 18.4 Å². The molecule has 2 aromatic rings. The van der Waals surface area contributed by atoms with Crippen LogP contribution in [0, 0.1) is 12.8 Å². The van der Waals surface area contributed by atoms with Gasteiger partial charge in [-0.25, -0.2) is 12.7 Å². The quantitative estimate of drug-likeness (QED) is 0.733. The molecule has 0 bridgehead atoms. The van der Waals surface area contributed by atoms with E-state index in [4.69, 9.17) is 11.6 Å². The van der Waals surface area contributed by atoms with Crippen LogP contribution in [0.3, 0.4) is 0 Å². The summed E-state index contributed by atoms with van der Waals surface area (Å²) in [5, 5.41) is 3.62. The molecule has 1 fully saturated rings. The van der Waals surface area contributed by atoms with Crippen molar-refractivity contribution in [1.29, 1.82) is 0 Å². The fourth-order valence-corrected chi connectivity index (χ4v) is 5.46. The van der Waals surface area contributed by atoms with E-state index in [-0.39, 0.29) is 24.1 Å².